The van der Waals surface area contributed by atoms with E-state index in [1.807, 2.05) is 30.3 Å². The SMILES string of the molecule is CCOC(=O)[C@@H](C)SC(=S)c1ccccc1. The van der Waals surface area contributed by atoms with Crippen molar-refractivity contribution >= 4 is 34.1 Å². The number of rotatable bonds is 4. The molecule has 0 N–H and O–H groups in total. The van der Waals surface area contributed by atoms with Gasteiger partial charge < -0.3 is 4.74 Å². The molecule has 0 aliphatic rings. The van der Waals surface area contributed by atoms with Crippen LogP contribution in [0.2, 0.25) is 0 Å². The standard InChI is InChI=1S/C12H14O2S2/c1-3-14-11(13)9(2)16-12(15)10-7-5-4-6-8-10/h4-9H,3H2,1-2H3/t9-/m1/s1. The Bertz CT molecular complexity index is 363. The summed E-state index contributed by atoms with van der Waals surface area (Å²) in [7, 11) is 0. The van der Waals surface area contributed by atoms with Crippen LogP contribution in [0.5, 0.6) is 0 Å². The normalized spacial score (nSPS) is 11.9. The minimum atomic E-state index is -0.257. The Hall–Kier alpha value is -0.870. The van der Waals surface area contributed by atoms with Crippen LogP contribution in [0.3, 0.4) is 0 Å². The van der Waals surface area contributed by atoms with Crippen molar-refractivity contribution in [3.05, 3.63) is 35.9 Å². The Morgan fingerprint density at radius 2 is 2.06 bits per heavy atom. The summed E-state index contributed by atoms with van der Waals surface area (Å²) in [4.78, 5) is 11.4. The number of ether oxygens (including phenoxy) is 1. The monoisotopic (exact) mass is 254 g/mol. The molecule has 2 nitrogen and oxygen atoms in total. The number of carbonyl (C=O) groups is 1. The second kappa shape index (κ2) is 6.66. The van der Waals surface area contributed by atoms with Crippen molar-refractivity contribution < 1.29 is 9.53 Å². The zero-order valence-electron chi connectivity index (χ0n) is 9.30. The van der Waals surface area contributed by atoms with Gasteiger partial charge in [-0.3, -0.25) is 4.79 Å². The maximum atomic E-state index is 11.4. The van der Waals surface area contributed by atoms with Crippen molar-refractivity contribution in [3.63, 3.8) is 0 Å². The molecule has 1 rings (SSSR count). The van der Waals surface area contributed by atoms with Crippen LogP contribution in [-0.4, -0.2) is 22.0 Å². The average Bonchev–Trinajstić information content (AvgIpc) is 2.30. The molecule has 86 valence electrons. The van der Waals surface area contributed by atoms with Gasteiger partial charge in [0.05, 0.1) is 10.8 Å². The fraction of sp³-hybridized carbons (Fsp3) is 0.333. The van der Waals surface area contributed by atoms with Gasteiger partial charge in [0.2, 0.25) is 0 Å². The highest BCUT2D eigenvalue weighted by Crippen LogP contribution is 2.19. The Labute approximate surface area is 105 Å². The first kappa shape index (κ1) is 13.2. The molecule has 0 unspecified atom stereocenters. The first-order valence-corrected chi connectivity index (χ1v) is 6.36. The van der Waals surface area contributed by atoms with Crippen molar-refractivity contribution in [2.75, 3.05) is 6.61 Å². The lowest BCUT2D eigenvalue weighted by molar-refractivity contribution is -0.142. The van der Waals surface area contributed by atoms with Gasteiger partial charge in [0.1, 0.15) is 5.25 Å². The van der Waals surface area contributed by atoms with E-state index in [4.69, 9.17) is 17.0 Å². The van der Waals surface area contributed by atoms with Crippen LogP contribution in [0.4, 0.5) is 0 Å². The Morgan fingerprint density at radius 1 is 1.44 bits per heavy atom. The van der Waals surface area contributed by atoms with Crippen molar-refractivity contribution in [2.45, 2.75) is 19.1 Å². The maximum absolute atomic E-state index is 11.4. The molecule has 0 bridgehead atoms. The highest BCUT2D eigenvalue weighted by Gasteiger charge is 2.17. The summed E-state index contributed by atoms with van der Waals surface area (Å²) in [5.41, 5.74) is 0.971. The fourth-order valence-electron chi connectivity index (χ4n) is 1.11. The first-order valence-electron chi connectivity index (χ1n) is 5.07. The molecule has 0 fully saturated rings. The molecule has 0 heterocycles. The van der Waals surface area contributed by atoms with Gasteiger partial charge >= 0.3 is 5.97 Å². The van der Waals surface area contributed by atoms with E-state index in [0.29, 0.717) is 6.61 Å². The Balaban J connectivity index is 2.55. The number of benzene rings is 1. The maximum Gasteiger partial charge on any atom is 0.319 e. The lowest BCUT2D eigenvalue weighted by Crippen LogP contribution is -2.18. The predicted octanol–water partition coefficient (Wildman–Crippen LogP) is 3.05. The van der Waals surface area contributed by atoms with E-state index in [1.54, 1.807) is 13.8 Å². The second-order valence-electron chi connectivity index (χ2n) is 3.17. The number of thioether (sulfide) groups is 1. The van der Waals surface area contributed by atoms with Crippen molar-refractivity contribution in [3.8, 4) is 0 Å². The van der Waals surface area contributed by atoms with Crippen molar-refractivity contribution in [1.29, 1.82) is 0 Å². The summed E-state index contributed by atoms with van der Waals surface area (Å²) >= 11 is 6.61. The number of hydrogen-bond acceptors (Lipinski definition) is 4. The largest absolute Gasteiger partial charge is 0.465 e. The quantitative estimate of drug-likeness (QED) is 0.609. The number of carbonyl (C=O) groups excluding carboxylic acids is 1. The molecular weight excluding hydrogens is 240 g/mol. The molecule has 16 heavy (non-hydrogen) atoms. The summed E-state index contributed by atoms with van der Waals surface area (Å²) in [6, 6.07) is 9.67. The third kappa shape index (κ3) is 3.94. The van der Waals surface area contributed by atoms with E-state index in [0.717, 1.165) is 9.76 Å². The predicted molar refractivity (Wildman–Crippen MR) is 71.8 cm³/mol. The zero-order chi connectivity index (χ0) is 12.0. The van der Waals surface area contributed by atoms with Crippen LogP contribution in [0.15, 0.2) is 30.3 Å². The molecule has 0 amide bonds. The molecule has 0 spiro atoms. The smallest absolute Gasteiger partial charge is 0.319 e. The van der Waals surface area contributed by atoms with Crippen LogP contribution in [-0.2, 0) is 9.53 Å². The van der Waals surface area contributed by atoms with Crippen molar-refractivity contribution in [1.82, 2.24) is 0 Å². The Morgan fingerprint density at radius 3 is 2.62 bits per heavy atom. The molecule has 0 radical (unpaired) electrons. The molecule has 4 heteroatoms. The number of esters is 1. The topological polar surface area (TPSA) is 26.3 Å². The zero-order valence-corrected chi connectivity index (χ0v) is 10.9. The van der Waals surface area contributed by atoms with E-state index in [-0.39, 0.29) is 11.2 Å². The van der Waals surface area contributed by atoms with Gasteiger partial charge in [-0.15, -0.1) is 0 Å². The van der Waals surface area contributed by atoms with Crippen LogP contribution < -0.4 is 0 Å². The summed E-state index contributed by atoms with van der Waals surface area (Å²) < 4.78 is 5.64. The molecule has 1 aromatic carbocycles. The summed E-state index contributed by atoms with van der Waals surface area (Å²) in [6.07, 6.45) is 0. The summed E-state index contributed by atoms with van der Waals surface area (Å²) in [6.45, 7) is 4.00. The summed E-state index contributed by atoms with van der Waals surface area (Å²) in [5.74, 6) is -0.217. The van der Waals surface area contributed by atoms with E-state index in [9.17, 15) is 4.79 Å². The van der Waals surface area contributed by atoms with E-state index < -0.39 is 0 Å². The lowest BCUT2D eigenvalue weighted by Gasteiger charge is -2.10. The molecule has 0 aliphatic carbocycles. The lowest BCUT2D eigenvalue weighted by atomic mass is 10.2. The molecule has 1 atom stereocenters. The third-order valence-corrected chi connectivity index (χ3v) is 3.43. The molecule has 0 aromatic heterocycles. The van der Waals surface area contributed by atoms with Crippen LogP contribution in [0.1, 0.15) is 19.4 Å². The minimum Gasteiger partial charge on any atom is -0.465 e. The third-order valence-electron chi connectivity index (χ3n) is 1.91. The van der Waals surface area contributed by atoms with E-state index >= 15 is 0 Å². The highest BCUT2D eigenvalue weighted by molar-refractivity contribution is 8.24. The van der Waals surface area contributed by atoms with Gasteiger partial charge in [0, 0.05) is 0 Å². The average molecular weight is 254 g/mol. The van der Waals surface area contributed by atoms with Gasteiger partial charge in [-0.25, -0.2) is 0 Å². The van der Waals surface area contributed by atoms with Crippen molar-refractivity contribution in [2.24, 2.45) is 0 Å². The number of thiocarbonyl (C=S) groups is 1. The second-order valence-corrected chi connectivity index (χ2v) is 5.18. The Kier molecular flexibility index (Phi) is 5.49. The summed E-state index contributed by atoms with van der Waals surface area (Å²) in [5, 5.41) is -0.257. The van der Waals surface area contributed by atoms with E-state index in [1.165, 1.54) is 11.8 Å². The van der Waals surface area contributed by atoms with E-state index in [2.05, 4.69) is 0 Å². The van der Waals surface area contributed by atoms with Gasteiger partial charge in [-0.05, 0) is 19.4 Å². The first-order chi connectivity index (χ1) is 7.65. The van der Waals surface area contributed by atoms with Gasteiger partial charge in [-0.1, -0.05) is 54.3 Å². The van der Waals surface area contributed by atoms with Gasteiger partial charge in [-0.2, -0.15) is 0 Å². The fourth-order valence-corrected chi connectivity index (χ4v) is 2.44. The van der Waals surface area contributed by atoms with Crippen LogP contribution >= 0.6 is 24.0 Å². The molecule has 0 aliphatic heterocycles. The van der Waals surface area contributed by atoms with Gasteiger partial charge in [0.25, 0.3) is 0 Å². The molecule has 0 saturated heterocycles. The van der Waals surface area contributed by atoms with Crippen LogP contribution in [0.25, 0.3) is 0 Å². The minimum absolute atomic E-state index is 0.217. The molecule has 1 aromatic rings. The van der Waals surface area contributed by atoms with Crippen LogP contribution in [0, 0.1) is 0 Å². The number of hydrogen-bond donors (Lipinski definition) is 0. The molecule has 0 saturated carbocycles. The highest BCUT2D eigenvalue weighted by atomic mass is 32.2. The van der Waals surface area contributed by atoms with Gasteiger partial charge in [0.15, 0.2) is 0 Å². The molecular formula is C12H14O2S2.